The third-order valence-corrected chi connectivity index (χ3v) is 4.16. The second-order valence-corrected chi connectivity index (χ2v) is 6.56. The molecule has 0 fully saturated rings. The minimum atomic E-state index is -4.51. The van der Waals surface area contributed by atoms with Crippen LogP contribution in [-0.4, -0.2) is 42.7 Å². The van der Waals surface area contributed by atoms with Crippen LogP contribution in [0.5, 0.6) is 5.75 Å². The number of hydrogen-bond acceptors (Lipinski definition) is 5. The van der Waals surface area contributed by atoms with E-state index in [9.17, 15) is 13.2 Å². The number of halogens is 3. The zero-order valence-electron chi connectivity index (χ0n) is 17.5. The van der Waals surface area contributed by atoms with Crippen LogP contribution in [0.3, 0.4) is 0 Å². The van der Waals surface area contributed by atoms with Gasteiger partial charge in [-0.05, 0) is 32.9 Å². The number of guanidine groups is 1. The molecule has 0 aliphatic carbocycles. The van der Waals surface area contributed by atoms with Crippen LogP contribution >= 0.6 is 0 Å². The number of alkyl halides is 3. The molecular weight excluding hydrogens is 397 g/mol. The second kappa shape index (κ2) is 10.7. The maximum atomic E-state index is 12.7. The van der Waals surface area contributed by atoms with Gasteiger partial charge < -0.3 is 20.7 Å². The van der Waals surface area contributed by atoms with Crippen molar-refractivity contribution in [2.75, 3.05) is 32.1 Å². The van der Waals surface area contributed by atoms with Crippen LogP contribution in [0.1, 0.15) is 36.7 Å². The average Bonchev–Trinajstić information content (AvgIpc) is 2.70. The first-order valence-corrected chi connectivity index (χ1v) is 9.58. The third-order valence-electron chi connectivity index (χ3n) is 4.16. The molecule has 0 aliphatic heterocycles. The molecule has 2 aromatic rings. The predicted octanol–water partition coefficient (Wildman–Crippen LogP) is 3.54. The van der Waals surface area contributed by atoms with Crippen molar-refractivity contribution in [2.24, 2.45) is 4.99 Å². The van der Waals surface area contributed by atoms with Gasteiger partial charge in [0.2, 0.25) is 5.95 Å². The fraction of sp³-hybridized carbons (Fsp3) is 0.450. The number of rotatable bonds is 8. The van der Waals surface area contributed by atoms with Crippen molar-refractivity contribution in [3.05, 3.63) is 47.3 Å². The molecule has 30 heavy (non-hydrogen) atoms. The minimum Gasteiger partial charge on any atom is -0.496 e. The van der Waals surface area contributed by atoms with Crippen LogP contribution in [0.25, 0.3) is 0 Å². The maximum Gasteiger partial charge on any atom is 0.433 e. The van der Waals surface area contributed by atoms with E-state index in [1.165, 1.54) is 0 Å². The highest BCUT2D eigenvalue weighted by atomic mass is 19.4. The summed E-state index contributed by atoms with van der Waals surface area (Å²) in [5, 5.41) is 9.23. The molecule has 1 heterocycles. The molecule has 7 nitrogen and oxygen atoms in total. The number of ether oxygens (including phenoxy) is 1. The Kier molecular flexibility index (Phi) is 8.25. The number of aryl methyl sites for hydroxylation is 1. The lowest BCUT2D eigenvalue weighted by Gasteiger charge is -2.20. The maximum absolute atomic E-state index is 12.7. The summed E-state index contributed by atoms with van der Waals surface area (Å²) in [5.74, 6) is 1.27. The highest BCUT2D eigenvalue weighted by molar-refractivity contribution is 5.80. The van der Waals surface area contributed by atoms with E-state index in [1.54, 1.807) is 7.11 Å². The van der Waals surface area contributed by atoms with E-state index in [0.29, 0.717) is 19.0 Å². The van der Waals surface area contributed by atoms with Crippen LogP contribution in [0.2, 0.25) is 0 Å². The van der Waals surface area contributed by atoms with Crippen molar-refractivity contribution in [2.45, 2.75) is 33.0 Å². The van der Waals surface area contributed by atoms with E-state index >= 15 is 0 Å². The summed E-state index contributed by atoms with van der Waals surface area (Å²) in [6.45, 7) is 7.21. The van der Waals surface area contributed by atoms with Gasteiger partial charge in [-0.25, -0.2) is 9.97 Å². The Labute approximate surface area is 174 Å². The van der Waals surface area contributed by atoms with Gasteiger partial charge in [-0.3, -0.25) is 4.99 Å². The van der Waals surface area contributed by atoms with Crippen molar-refractivity contribution in [1.82, 2.24) is 20.6 Å². The highest BCUT2D eigenvalue weighted by Gasteiger charge is 2.32. The Morgan fingerprint density at radius 3 is 2.70 bits per heavy atom. The van der Waals surface area contributed by atoms with Gasteiger partial charge in [-0.2, -0.15) is 13.2 Å². The van der Waals surface area contributed by atoms with E-state index < -0.39 is 11.9 Å². The fourth-order valence-electron chi connectivity index (χ4n) is 2.73. The van der Waals surface area contributed by atoms with E-state index in [2.05, 4.69) is 30.9 Å². The molecule has 0 amide bonds. The average molecular weight is 424 g/mol. The van der Waals surface area contributed by atoms with Gasteiger partial charge in [0.25, 0.3) is 0 Å². The third kappa shape index (κ3) is 6.78. The summed E-state index contributed by atoms with van der Waals surface area (Å²) in [4.78, 5) is 11.7. The number of aromatic nitrogens is 2. The molecule has 0 radical (unpaired) electrons. The van der Waals surface area contributed by atoms with Crippen LogP contribution in [0.4, 0.5) is 19.1 Å². The summed E-state index contributed by atoms with van der Waals surface area (Å²) < 4.78 is 43.6. The minimum absolute atomic E-state index is 0.0718. The number of aliphatic imine (C=N–C) groups is 1. The molecule has 10 heteroatoms. The first kappa shape index (κ1) is 23.2. The van der Waals surface area contributed by atoms with Crippen LogP contribution in [-0.2, 0) is 6.18 Å². The Hall–Kier alpha value is -3.04. The largest absolute Gasteiger partial charge is 0.496 e. The smallest absolute Gasteiger partial charge is 0.433 e. The molecule has 0 aliphatic rings. The molecule has 2 rings (SSSR count). The number of hydrogen-bond donors (Lipinski definition) is 3. The van der Waals surface area contributed by atoms with E-state index in [-0.39, 0.29) is 18.5 Å². The van der Waals surface area contributed by atoms with Crippen LogP contribution in [0, 0.1) is 6.92 Å². The molecule has 1 aromatic carbocycles. The molecule has 3 N–H and O–H groups in total. The lowest BCUT2D eigenvalue weighted by atomic mass is 10.0. The molecule has 1 aromatic heterocycles. The predicted molar refractivity (Wildman–Crippen MR) is 111 cm³/mol. The number of anilines is 1. The number of nitrogens with zero attached hydrogens (tertiary/aromatic N) is 3. The molecule has 164 valence electrons. The van der Waals surface area contributed by atoms with Gasteiger partial charge in [0.15, 0.2) is 5.96 Å². The summed E-state index contributed by atoms with van der Waals surface area (Å²) in [7, 11) is 1.63. The molecule has 0 saturated heterocycles. The van der Waals surface area contributed by atoms with Gasteiger partial charge in [0.1, 0.15) is 11.4 Å². The summed E-state index contributed by atoms with van der Waals surface area (Å²) in [6.07, 6.45) is -3.43. The molecule has 0 bridgehead atoms. The van der Waals surface area contributed by atoms with Crippen LogP contribution < -0.4 is 20.7 Å². The lowest BCUT2D eigenvalue weighted by Crippen LogP contribution is -2.39. The normalized spacial score (nSPS) is 13.0. The lowest BCUT2D eigenvalue weighted by molar-refractivity contribution is -0.141. The van der Waals surface area contributed by atoms with Crippen molar-refractivity contribution in [3.63, 3.8) is 0 Å². The number of benzene rings is 1. The van der Waals surface area contributed by atoms with Gasteiger partial charge in [0.05, 0.1) is 19.7 Å². The van der Waals surface area contributed by atoms with Gasteiger partial charge in [0, 0.05) is 24.8 Å². The zero-order chi connectivity index (χ0) is 22.1. The van der Waals surface area contributed by atoms with Crippen molar-refractivity contribution in [3.8, 4) is 5.75 Å². The first-order chi connectivity index (χ1) is 14.2. The number of methoxy groups -OCH3 is 1. The molecule has 0 spiro atoms. The van der Waals surface area contributed by atoms with E-state index in [0.717, 1.165) is 29.1 Å². The van der Waals surface area contributed by atoms with Gasteiger partial charge in [-0.15, -0.1) is 0 Å². The van der Waals surface area contributed by atoms with E-state index in [1.807, 2.05) is 39.0 Å². The SMILES string of the molecule is CCNC(=NCCNc1nccc(C(F)(F)F)n1)NC(C)c1cc(C)ccc1OC. The zero-order valence-corrected chi connectivity index (χ0v) is 17.5. The first-order valence-electron chi connectivity index (χ1n) is 9.58. The Bertz CT molecular complexity index is 857. The molecule has 1 atom stereocenters. The van der Waals surface area contributed by atoms with Crippen LogP contribution in [0.15, 0.2) is 35.5 Å². The molecular formula is C20H27F3N6O. The quantitative estimate of drug-likeness (QED) is 0.342. The van der Waals surface area contributed by atoms with E-state index in [4.69, 9.17) is 4.74 Å². The summed E-state index contributed by atoms with van der Waals surface area (Å²) in [6, 6.07) is 6.71. The summed E-state index contributed by atoms with van der Waals surface area (Å²) >= 11 is 0. The standard InChI is InChI=1S/C20H27F3N6O/c1-5-24-18(28-14(3)15-12-13(2)6-7-16(15)30-4)26-10-11-27-19-25-9-8-17(29-19)20(21,22)23/h6-9,12,14H,5,10-11H2,1-4H3,(H2,24,26,28)(H,25,27,29). The van der Waals surface area contributed by atoms with Gasteiger partial charge >= 0.3 is 6.18 Å². The molecule has 0 saturated carbocycles. The van der Waals surface area contributed by atoms with Crippen molar-refractivity contribution < 1.29 is 17.9 Å². The van der Waals surface area contributed by atoms with Crippen molar-refractivity contribution in [1.29, 1.82) is 0 Å². The number of nitrogens with one attached hydrogen (secondary N) is 3. The Balaban J connectivity index is 1.99. The Morgan fingerprint density at radius 2 is 2.03 bits per heavy atom. The monoisotopic (exact) mass is 424 g/mol. The molecule has 1 unspecified atom stereocenters. The summed E-state index contributed by atoms with van der Waals surface area (Å²) in [5.41, 5.74) is 1.13. The van der Waals surface area contributed by atoms with Gasteiger partial charge in [-0.1, -0.05) is 17.7 Å². The topological polar surface area (TPSA) is 83.5 Å². The van der Waals surface area contributed by atoms with Crippen molar-refractivity contribution >= 4 is 11.9 Å². The second-order valence-electron chi connectivity index (χ2n) is 6.56. The highest BCUT2D eigenvalue weighted by Crippen LogP contribution is 2.27. The fourth-order valence-corrected chi connectivity index (χ4v) is 2.73. The Morgan fingerprint density at radius 1 is 1.27 bits per heavy atom.